The molecule has 0 radical (unpaired) electrons. The summed E-state index contributed by atoms with van der Waals surface area (Å²) in [4.78, 5) is 22.8. The molecule has 0 aliphatic rings. The van der Waals surface area contributed by atoms with Crippen LogP contribution in [-0.4, -0.2) is 38.2 Å². The van der Waals surface area contributed by atoms with E-state index in [1.165, 1.54) is 7.11 Å². The zero-order valence-corrected chi connectivity index (χ0v) is 10.9. The molecule has 1 amide bonds. The lowest BCUT2D eigenvalue weighted by Gasteiger charge is -2.15. The Morgan fingerprint density at radius 2 is 2.00 bits per heavy atom. The molecule has 1 atom stereocenters. The van der Waals surface area contributed by atoms with Crippen molar-refractivity contribution in [3.05, 3.63) is 11.6 Å². The number of amides is 1. The maximum atomic E-state index is 11.4. The Labute approximate surface area is 102 Å². The third kappa shape index (κ3) is 7.52. The van der Waals surface area contributed by atoms with Gasteiger partial charge in [-0.15, -0.1) is 0 Å². The van der Waals surface area contributed by atoms with Gasteiger partial charge in [0.05, 0.1) is 7.11 Å². The quantitative estimate of drug-likeness (QED) is 0.536. The van der Waals surface area contributed by atoms with E-state index in [1.54, 1.807) is 6.92 Å². The Morgan fingerprint density at radius 1 is 1.35 bits per heavy atom. The zero-order chi connectivity index (χ0) is 13.3. The Hall–Kier alpha value is -1.36. The van der Waals surface area contributed by atoms with E-state index in [2.05, 4.69) is 10.1 Å². The van der Waals surface area contributed by atoms with Gasteiger partial charge in [0.1, 0.15) is 12.6 Å². The van der Waals surface area contributed by atoms with Crippen LogP contribution in [-0.2, 0) is 19.1 Å². The first-order valence-corrected chi connectivity index (χ1v) is 5.59. The van der Waals surface area contributed by atoms with Crippen molar-refractivity contribution in [1.29, 1.82) is 0 Å². The molecule has 98 valence electrons. The normalized spacial score (nSPS) is 11.5. The van der Waals surface area contributed by atoms with Gasteiger partial charge in [0.25, 0.3) is 0 Å². The maximum Gasteiger partial charge on any atom is 0.328 e. The summed E-state index contributed by atoms with van der Waals surface area (Å²) >= 11 is 0. The molecule has 0 aromatic heterocycles. The SMILES string of the molecule is CCOCC(=O)N[C@H](CC=C(C)C)C(=O)OC. The summed E-state index contributed by atoms with van der Waals surface area (Å²) in [6, 6.07) is -0.650. The molecule has 5 heteroatoms. The molecule has 0 aromatic rings. The van der Waals surface area contributed by atoms with Crippen LogP contribution in [0.2, 0.25) is 0 Å². The van der Waals surface area contributed by atoms with Crippen molar-refractivity contribution in [2.75, 3.05) is 20.3 Å². The molecular weight excluding hydrogens is 222 g/mol. The third-order valence-electron chi connectivity index (χ3n) is 2.02. The van der Waals surface area contributed by atoms with Crippen LogP contribution in [0.4, 0.5) is 0 Å². The molecule has 0 rings (SSSR count). The van der Waals surface area contributed by atoms with E-state index in [4.69, 9.17) is 4.74 Å². The minimum absolute atomic E-state index is 0.0428. The molecular formula is C12H21NO4. The number of hydrogen-bond acceptors (Lipinski definition) is 4. The van der Waals surface area contributed by atoms with Crippen LogP contribution in [0.15, 0.2) is 11.6 Å². The van der Waals surface area contributed by atoms with Crippen LogP contribution >= 0.6 is 0 Å². The van der Waals surface area contributed by atoms with Gasteiger partial charge in [0.2, 0.25) is 5.91 Å². The summed E-state index contributed by atoms with van der Waals surface area (Å²) in [7, 11) is 1.30. The Balaban J connectivity index is 4.33. The number of rotatable bonds is 7. The van der Waals surface area contributed by atoms with Crippen molar-refractivity contribution in [1.82, 2.24) is 5.32 Å². The molecule has 0 fully saturated rings. The standard InChI is InChI=1S/C12H21NO4/c1-5-17-8-11(14)13-10(12(15)16-4)7-6-9(2)3/h6,10H,5,7-8H2,1-4H3,(H,13,14)/t10-/m1/s1. The Kier molecular flexibility index (Phi) is 8.05. The van der Waals surface area contributed by atoms with Gasteiger partial charge in [-0.05, 0) is 27.2 Å². The van der Waals surface area contributed by atoms with Gasteiger partial charge in [-0.2, -0.15) is 0 Å². The van der Waals surface area contributed by atoms with Crippen molar-refractivity contribution >= 4 is 11.9 Å². The van der Waals surface area contributed by atoms with Crippen molar-refractivity contribution in [2.24, 2.45) is 0 Å². The van der Waals surface area contributed by atoms with E-state index >= 15 is 0 Å². The van der Waals surface area contributed by atoms with Crippen LogP contribution in [0, 0.1) is 0 Å². The smallest absolute Gasteiger partial charge is 0.328 e. The van der Waals surface area contributed by atoms with E-state index in [0.717, 1.165) is 5.57 Å². The monoisotopic (exact) mass is 243 g/mol. The molecule has 0 aliphatic carbocycles. The Bertz CT molecular complexity index is 282. The molecule has 1 N–H and O–H groups in total. The average molecular weight is 243 g/mol. The second-order valence-electron chi connectivity index (χ2n) is 3.80. The number of nitrogens with one attached hydrogen (secondary N) is 1. The number of esters is 1. The minimum atomic E-state index is -0.650. The lowest BCUT2D eigenvalue weighted by Crippen LogP contribution is -2.42. The summed E-state index contributed by atoms with van der Waals surface area (Å²) in [6.07, 6.45) is 2.30. The fourth-order valence-corrected chi connectivity index (χ4v) is 1.14. The van der Waals surface area contributed by atoms with Crippen molar-refractivity contribution < 1.29 is 19.1 Å². The van der Waals surface area contributed by atoms with E-state index in [1.807, 2.05) is 19.9 Å². The highest BCUT2D eigenvalue weighted by atomic mass is 16.5. The first-order valence-electron chi connectivity index (χ1n) is 5.59. The molecule has 0 aliphatic heterocycles. The predicted octanol–water partition coefficient (Wildman–Crippen LogP) is 1.04. The first kappa shape index (κ1) is 15.6. The van der Waals surface area contributed by atoms with Crippen LogP contribution < -0.4 is 5.32 Å². The second-order valence-corrected chi connectivity index (χ2v) is 3.80. The van der Waals surface area contributed by atoms with Gasteiger partial charge in [0.15, 0.2) is 0 Å². The minimum Gasteiger partial charge on any atom is -0.467 e. The third-order valence-corrected chi connectivity index (χ3v) is 2.02. The van der Waals surface area contributed by atoms with E-state index in [0.29, 0.717) is 13.0 Å². The number of carbonyl (C=O) groups excluding carboxylic acids is 2. The highest BCUT2D eigenvalue weighted by Gasteiger charge is 2.19. The highest BCUT2D eigenvalue weighted by Crippen LogP contribution is 2.00. The zero-order valence-electron chi connectivity index (χ0n) is 10.9. The van der Waals surface area contributed by atoms with Crippen molar-refractivity contribution in [3.63, 3.8) is 0 Å². The summed E-state index contributed by atoms with van der Waals surface area (Å²) in [6.45, 7) is 6.07. The van der Waals surface area contributed by atoms with Crippen molar-refractivity contribution in [3.8, 4) is 0 Å². The molecule has 0 aromatic carbocycles. The molecule has 0 saturated heterocycles. The number of allylic oxidation sites excluding steroid dienone is 1. The molecule has 0 spiro atoms. The average Bonchev–Trinajstić information content (AvgIpc) is 2.30. The lowest BCUT2D eigenvalue weighted by molar-refractivity contribution is -0.145. The molecule has 0 bridgehead atoms. The number of methoxy groups -OCH3 is 1. The predicted molar refractivity (Wildman–Crippen MR) is 64.5 cm³/mol. The van der Waals surface area contributed by atoms with Crippen LogP contribution in [0.1, 0.15) is 27.2 Å². The number of carbonyl (C=O) groups is 2. The molecule has 0 heterocycles. The van der Waals surface area contributed by atoms with Gasteiger partial charge in [-0.3, -0.25) is 4.79 Å². The van der Waals surface area contributed by atoms with E-state index in [9.17, 15) is 9.59 Å². The summed E-state index contributed by atoms with van der Waals surface area (Å²) in [5.41, 5.74) is 1.08. The van der Waals surface area contributed by atoms with Gasteiger partial charge >= 0.3 is 5.97 Å². The summed E-state index contributed by atoms with van der Waals surface area (Å²) < 4.78 is 9.58. The summed E-state index contributed by atoms with van der Waals surface area (Å²) in [5.74, 6) is -0.767. The van der Waals surface area contributed by atoms with Crippen molar-refractivity contribution in [2.45, 2.75) is 33.2 Å². The first-order chi connectivity index (χ1) is 8.01. The fourth-order valence-electron chi connectivity index (χ4n) is 1.14. The van der Waals surface area contributed by atoms with Gasteiger partial charge in [-0.25, -0.2) is 4.79 Å². The van der Waals surface area contributed by atoms with Crippen LogP contribution in [0.5, 0.6) is 0 Å². The summed E-state index contributed by atoms with van der Waals surface area (Å²) in [5, 5.41) is 2.57. The molecule has 5 nitrogen and oxygen atoms in total. The largest absolute Gasteiger partial charge is 0.467 e. The molecule has 0 unspecified atom stereocenters. The van der Waals surface area contributed by atoms with E-state index < -0.39 is 12.0 Å². The second kappa shape index (κ2) is 8.75. The fraction of sp³-hybridized carbons (Fsp3) is 0.667. The van der Waals surface area contributed by atoms with Gasteiger partial charge < -0.3 is 14.8 Å². The van der Waals surface area contributed by atoms with Gasteiger partial charge in [0, 0.05) is 6.61 Å². The maximum absolute atomic E-state index is 11.4. The number of hydrogen-bond donors (Lipinski definition) is 1. The molecule has 0 saturated carbocycles. The topological polar surface area (TPSA) is 64.6 Å². The van der Waals surface area contributed by atoms with E-state index in [-0.39, 0.29) is 12.5 Å². The highest BCUT2D eigenvalue weighted by molar-refractivity contribution is 5.85. The number of ether oxygens (including phenoxy) is 2. The van der Waals surface area contributed by atoms with Gasteiger partial charge in [-0.1, -0.05) is 11.6 Å². The Morgan fingerprint density at radius 3 is 2.47 bits per heavy atom. The lowest BCUT2D eigenvalue weighted by atomic mass is 10.1. The van der Waals surface area contributed by atoms with Crippen LogP contribution in [0.3, 0.4) is 0 Å². The van der Waals surface area contributed by atoms with Crippen LogP contribution in [0.25, 0.3) is 0 Å². The molecule has 17 heavy (non-hydrogen) atoms.